The summed E-state index contributed by atoms with van der Waals surface area (Å²) in [6, 6.07) is 11.2. The molecule has 1 fully saturated rings. The molecule has 0 radical (unpaired) electrons. The Morgan fingerprint density at radius 2 is 1.69 bits per heavy atom. The monoisotopic (exact) mass is 411 g/mol. The van der Waals surface area contributed by atoms with Gasteiger partial charge in [0.2, 0.25) is 0 Å². The Bertz CT molecular complexity index is 997. The van der Waals surface area contributed by atoms with Crippen molar-refractivity contribution in [1.82, 2.24) is 4.90 Å². The molecule has 0 aromatic heterocycles. The number of benzene rings is 2. The number of piperazine rings is 1. The Morgan fingerprint density at radius 1 is 0.966 bits per heavy atom. The van der Waals surface area contributed by atoms with E-state index >= 15 is 0 Å². The molecule has 6 nitrogen and oxygen atoms in total. The molecule has 1 aliphatic carbocycles. The molecule has 0 saturated carbocycles. The molecule has 1 heterocycles. The van der Waals surface area contributed by atoms with Crippen LogP contribution in [0.3, 0.4) is 0 Å². The SMILES string of the molecule is Cc1cc(N2CCN(C(=O)C(=O)Nc3ccc4c(c3)CC(=O)C4)CC2)ccc1Cl. The number of carbonyl (C=O) groups excluding carboxylic acids is 3. The first-order valence-electron chi connectivity index (χ1n) is 9.65. The van der Waals surface area contributed by atoms with Crippen LogP contribution in [-0.2, 0) is 27.2 Å². The number of anilines is 2. The van der Waals surface area contributed by atoms with E-state index in [0.717, 1.165) is 27.4 Å². The summed E-state index contributed by atoms with van der Waals surface area (Å²) in [5.74, 6) is -1.01. The number of rotatable bonds is 2. The van der Waals surface area contributed by atoms with Gasteiger partial charge in [-0.1, -0.05) is 17.7 Å². The fourth-order valence-electron chi connectivity index (χ4n) is 3.85. The zero-order valence-electron chi connectivity index (χ0n) is 16.2. The molecular weight excluding hydrogens is 390 g/mol. The summed E-state index contributed by atoms with van der Waals surface area (Å²) in [5, 5.41) is 3.40. The van der Waals surface area contributed by atoms with Crippen molar-refractivity contribution in [3.63, 3.8) is 0 Å². The minimum atomic E-state index is -0.648. The van der Waals surface area contributed by atoms with Crippen molar-refractivity contribution in [3.8, 4) is 0 Å². The standard InChI is InChI=1S/C22H22ClN3O3/c1-14-10-18(4-5-20(14)23)25-6-8-26(9-7-25)22(29)21(28)24-17-3-2-15-12-19(27)13-16(15)11-17/h2-5,10-11H,6-9,12-13H2,1H3,(H,24,28). The number of nitrogens with one attached hydrogen (secondary N) is 1. The van der Waals surface area contributed by atoms with Crippen LogP contribution in [0.4, 0.5) is 11.4 Å². The molecule has 0 spiro atoms. The van der Waals surface area contributed by atoms with Gasteiger partial charge in [0, 0.05) is 55.4 Å². The molecule has 2 aromatic rings. The second-order valence-electron chi connectivity index (χ2n) is 7.54. The average molecular weight is 412 g/mol. The van der Waals surface area contributed by atoms with Crippen LogP contribution in [0.5, 0.6) is 0 Å². The molecule has 1 aliphatic heterocycles. The molecule has 29 heavy (non-hydrogen) atoms. The lowest BCUT2D eigenvalue weighted by atomic mass is 10.1. The summed E-state index contributed by atoms with van der Waals surface area (Å²) >= 11 is 6.09. The zero-order valence-corrected chi connectivity index (χ0v) is 17.0. The number of hydrogen-bond donors (Lipinski definition) is 1. The number of aryl methyl sites for hydroxylation is 1. The predicted molar refractivity (Wildman–Crippen MR) is 112 cm³/mol. The van der Waals surface area contributed by atoms with Crippen LogP contribution in [0.25, 0.3) is 0 Å². The van der Waals surface area contributed by atoms with Crippen LogP contribution in [0.15, 0.2) is 36.4 Å². The van der Waals surface area contributed by atoms with Crippen molar-refractivity contribution in [2.75, 3.05) is 36.4 Å². The van der Waals surface area contributed by atoms with E-state index in [1.54, 1.807) is 17.0 Å². The Kier molecular flexibility index (Phi) is 5.28. The highest BCUT2D eigenvalue weighted by Crippen LogP contribution is 2.24. The quantitative estimate of drug-likeness (QED) is 0.771. The third-order valence-electron chi connectivity index (χ3n) is 5.51. The Balaban J connectivity index is 1.34. The van der Waals surface area contributed by atoms with Gasteiger partial charge in [-0.15, -0.1) is 0 Å². The number of fused-ring (bicyclic) bond motifs is 1. The molecule has 0 atom stereocenters. The Morgan fingerprint density at radius 3 is 2.41 bits per heavy atom. The van der Waals surface area contributed by atoms with Gasteiger partial charge in [0.1, 0.15) is 5.78 Å². The molecule has 0 bridgehead atoms. The smallest absolute Gasteiger partial charge is 0.313 e. The Labute approximate surface area is 174 Å². The zero-order chi connectivity index (χ0) is 20.5. The summed E-state index contributed by atoms with van der Waals surface area (Å²) < 4.78 is 0. The summed E-state index contributed by atoms with van der Waals surface area (Å²) in [7, 11) is 0. The Hall–Kier alpha value is -2.86. The number of amides is 2. The first-order chi connectivity index (χ1) is 13.9. The number of ketones is 1. The maximum atomic E-state index is 12.6. The fourth-order valence-corrected chi connectivity index (χ4v) is 3.97. The van der Waals surface area contributed by atoms with E-state index in [0.29, 0.717) is 44.7 Å². The molecule has 4 rings (SSSR count). The number of nitrogens with zero attached hydrogens (tertiary/aromatic N) is 2. The molecule has 2 amide bonds. The maximum Gasteiger partial charge on any atom is 0.313 e. The van der Waals surface area contributed by atoms with Gasteiger partial charge >= 0.3 is 11.8 Å². The second kappa shape index (κ2) is 7.87. The van der Waals surface area contributed by atoms with E-state index in [-0.39, 0.29) is 5.78 Å². The minimum absolute atomic E-state index is 0.174. The van der Waals surface area contributed by atoms with Gasteiger partial charge in [0.25, 0.3) is 0 Å². The van der Waals surface area contributed by atoms with E-state index in [1.807, 2.05) is 31.2 Å². The first kappa shape index (κ1) is 19.5. The minimum Gasteiger partial charge on any atom is -0.368 e. The number of Topliss-reactive ketones (excluding diaryl/α,β-unsaturated/α-hetero) is 1. The summed E-state index contributed by atoms with van der Waals surface area (Å²) in [4.78, 5) is 40.3. The van der Waals surface area contributed by atoms with Gasteiger partial charge in [-0.05, 0) is 53.9 Å². The number of hydrogen-bond acceptors (Lipinski definition) is 4. The largest absolute Gasteiger partial charge is 0.368 e. The van der Waals surface area contributed by atoms with E-state index in [9.17, 15) is 14.4 Å². The highest BCUT2D eigenvalue weighted by atomic mass is 35.5. The van der Waals surface area contributed by atoms with Crippen molar-refractivity contribution >= 4 is 40.6 Å². The first-order valence-corrected chi connectivity index (χ1v) is 10.0. The second-order valence-corrected chi connectivity index (χ2v) is 7.95. The highest BCUT2D eigenvalue weighted by Gasteiger charge is 2.27. The molecule has 0 unspecified atom stereocenters. The summed E-state index contributed by atoms with van der Waals surface area (Å²) in [6.07, 6.45) is 0.832. The third-order valence-corrected chi connectivity index (χ3v) is 5.93. The predicted octanol–water partition coefficient (Wildman–Crippen LogP) is 2.60. The molecule has 150 valence electrons. The van der Waals surface area contributed by atoms with Crippen molar-refractivity contribution in [2.45, 2.75) is 19.8 Å². The van der Waals surface area contributed by atoms with Crippen molar-refractivity contribution in [2.24, 2.45) is 0 Å². The lowest BCUT2D eigenvalue weighted by Crippen LogP contribution is -2.51. The van der Waals surface area contributed by atoms with Gasteiger partial charge in [-0.25, -0.2) is 0 Å². The summed E-state index contributed by atoms with van der Waals surface area (Å²) in [5.41, 5.74) is 4.54. The van der Waals surface area contributed by atoms with E-state index in [4.69, 9.17) is 11.6 Å². The number of halogens is 1. The normalized spacial score (nSPS) is 16.0. The molecule has 1 N–H and O–H groups in total. The van der Waals surface area contributed by atoms with Crippen LogP contribution in [0.2, 0.25) is 5.02 Å². The van der Waals surface area contributed by atoms with Gasteiger partial charge in [-0.2, -0.15) is 0 Å². The average Bonchev–Trinajstić information content (AvgIpc) is 3.09. The van der Waals surface area contributed by atoms with E-state index in [2.05, 4.69) is 10.2 Å². The van der Waals surface area contributed by atoms with Gasteiger partial charge in [0.15, 0.2) is 0 Å². The van der Waals surface area contributed by atoms with Crippen LogP contribution < -0.4 is 10.2 Å². The van der Waals surface area contributed by atoms with E-state index in [1.165, 1.54) is 0 Å². The molecule has 2 aliphatic rings. The lowest BCUT2D eigenvalue weighted by Gasteiger charge is -2.36. The van der Waals surface area contributed by atoms with Gasteiger partial charge < -0.3 is 15.1 Å². The van der Waals surface area contributed by atoms with Crippen molar-refractivity contribution in [3.05, 3.63) is 58.1 Å². The molecule has 7 heteroatoms. The molecule has 2 aromatic carbocycles. The topological polar surface area (TPSA) is 69.7 Å². The van der Waals surface area contributed by atoms with Crippen LogP contribution in [0, 0.1) is 6.92 Å². The lowest BCUT2D eigenvalue weighted by molar-refractivity contribution is -0.143. The van der Waals surface area contributed by atoms with Crippen LogP contribution in [-0.4, -0.2) is 48.7 Å². The van der Waals surface area contributed by atoms with Crippen LogP contribution in [0.1, 0.15) is 16.7 Å². The molecule has 1 saturated heterocycles. The van der Waals surface area contributed by atoms with Crippen LogP contribution >= 0.6 is 11.6 Å². The highest BCUT2D eigenvalue weighted by molar-refractivity contribution is 6.39. The van der Waals surface area contributed by atoms with E-state index < -0.39 is 11.8 Å². The van der Waals surface area contributed by atoms with Gasteiger partial charge in [-0.3, -0.25) is 14.4 Å². The fraction of sp³-hybridized carbons (Fsp3) is 0.318. The number of carbonyl (C=O) groups is 3. The van der Waals surface area contributed by atoms with Crippen molar-refractivity contribution < 1.29 is 14.4 Å². The van der Waals surface area contributed by atoms with Crippen molar-refractivity contribution in [1.29, 1.82) is 0 Å². The third kappa shape index (κ3) is 4.12. The molecular formula is C22H22ClN3O3. The maximum absolute atomic E-state index is 12.6. The summed E-state index contributed by atoms with van der Waals surface area (Å²) in [6.45, 7) is 4.23. The van der Waals surface area contributed by atoms with Gasteiger partial charge in [0.05, 0.1) is 0 Å².